The van der Waals surface area contributed by atoms with E-state index in [9.17, 15) is 9.90 Å². The Morgan fingerprint density at radius 2 is 2.05 bits per heavy atom. The van der Waals surface area contributed by atoms with Crippen LogP contribution in [0.1, 0.15) is 31.1 Å². The smallest absolute Gasteiger partial charge is 0.335 e. The first-order valence-corrected chi connectivity index (χ1v) is 7.77. The average molecular weight is 303 g/mol. The third kappa shape index (κ3) is 3.49. The zero-order valence-corrected chi connectivity index (χ0v) is 12.9. The molecule has 0 fully saturated rings. The molecule has 1 aromatic rings. The maximum atomic E-state index is 11.2. The molecule has 0 aliphatic heterocycles. The molecule has 0 aliphatic rings. The molecule has 0 aromatic heterocycles. The van der Waals surface area contributed by atoms with Gasteiger partial charge in [-0.25, -0.2) is 4.79 Å². The number of nitrogens with zero attached hydrogens (tertiary/aromatic N) is 1. The minimum Gasteiger partial charge on any atom is -0.478 e. The summed E-state index contributed by atoms with van der Waals surface area (Å²) < 4.78 is 0. The van der Waals surface area contributed by atoms with Crippen molar-refractivity contribution in [1.82, 2.24) is 0 Å². The molecule has 0 heterocycles. The predicted molar refractivity (Wildman–Crippen MR) is 83.8 cm³/mol. The number of carbonyl (C=O) groups is 1. The molecule has 106 valence electrons. The molecule has 6 heteroatoms. The highest BCUT2D eigenvalue weighted by atomic mass is 35.5. The Labute approximate surface area is 121 Å². The molecule has 1 rings (SSSR count). The molecule has 19 heavy (non-hydrogen) atoms. The second-order valence-electron chi connectivity index (χ2n) is 3.89. The quantitative estimate of drug-likeness (QED) is 0.820. The second-order valence-corrected chi connectivity index (χ2v) is 5.93. The van der Waals surface area contributed by atoms with Gasteiger partial charge in [-0.05, 0) is 38.3 Å². The van der Waals surface area contributed by atoms with Crippen LogP contribution in [0, 0.1) is 0 Å². The van der Waals surface area contributed by atoms with Crippen molar-refractivity contribution in [3.8, 4) is 0 Å². The van der Waals surface area contributed by atoms with E-state index < -0.39 is 16.6 Å². The first-order valence-electron chi connectivity index (χ1n) is 6.04. The van der Waals surface area contributed by atoms with Crippen LogP contribution in [0.2, 0.25) is 5.02 Å². The Morgan fingerprint density at radius 3 is 2.47 bits per heavy atom. The van der Waals surface area contributed by atoms with Gasteiger partial charge < -0.3 is 10.0 Å². The Hall–Kier alpha value is -1.04. The van der Waals surface area contributed by atoms with Crippen molar-refractivity contribution in [3.05, 3.63) is 22.7 Å². The Balaban J connectivity index is 3.54. The van der Waals surface area contributed by atoms with Crippen molar-refractivity contribution in [3.63, 3.8) is 0 Å². The van der Waals surface area contributed by atoms with E-state index in [2.05, 4.69) is 0 Å². The van der Waals surface area contributed by atoms with Crippen LogP contribution in [0.5, 0.6) is 0 Å². The van der Waals surface area contributed by atoms with Crippen LogP contribution < -0.4 is 10.0 Å². The molecule has 0 bridgehead atoms. The van der Waals surface area contributed by atoms with Crippen molar-refractivity contribution in [1.29, 1.82) is 0 Å². The first-order chi connectivity index (χ1) is 8.96. The highest BCUT2D eigenvalue weighted by Crippen LogP contribution is 2.37. The normalized spacial score (nSPS) is 12.5. The molecule has 0 saturated heterocycles. The lowest BCUT2D eigenvalue weighted by Gasteiger charge is -2.24. The third-order valence-electron chi connectivity index (χ3n) is 2.88. The zero-order chi connectivity index (χ0) is 14.6. The first kappa shape index (κ1) is 16.0. The van der Waals surface area contributed by atoms with Crippen LogP contribution in [-0.4, -0.2) is 29.5 Å². The van der Waals surface area contributed by atoms with Gasteiger partial charge in [0.25, 0.3) is 0 Å². The van der Waals surface area contributed by atoms with Gasteiger partial charge in [0.05, 0.1) is 16.3 Å². The summed E-state index contributed by atoms with van der Waals surface area (Å²) >= 11 is 6.38. The molecule has 4 nitrogen and oxygen atoms in total. The zero-order valence-electron chi connectivity index (χ0n) is 11.3. The summed E-state index contributed by atoms with van der Waals surface area (Å²) in [7, 11) is -0.656. The average Bonchev–Trinajstić information content (AvgIpc) is 2.40. The number of rotatable bonds is 5. The van der Waals surface area contributed by atoms with Gasteiger partial charge in [0.2, 0.25) is 0 Å². The van der Waals surface area contributed by atoms with Crippen molar-refractivity contribution in [2.45, 2.75) is 25.7 Å². The minimum absolute atomic E-state index is 0.214. The van der Waals surface area contributed by atoms with E-state index in [0.717, 1.165) is 18.8 Å². The van der Waals surface area contributed by atoms with Crippen LogP contribution in [0.3, 0.4) is 0 Å². The van der Waals surface area contributed by atoms with E-state index in [0.29, 0.717) is 9.92 Å². The summed E-state index contributed by atoms with van der Waals surface area (Å²) in [5.74, 6) is -0.973. The summed E-state index contributed by atoms with van der Waals surface area (Å²) in [5, 5.41) is 17.5. The fraction of sp³-hybridized carbons (Fsp3) is 0.385. The molecule has 0 aliphatic carbocycles. The van der Waals surface area contributed by atoms with E-state index in [1.807, 2.05) is 31.0 Å². The fourth-order valence-electron chi connectivity index (χ4n) is 1.80. The molecule has 1 aromatic carbocycles. The minimum atomic E-state index is -0.973. The number of aromatic carboxylic acids is 1. The number of hydrogen-bond donors (Lipinski definition) is 2. The molecule has 0 radical (unpaired) electrons. The lowest BCUT2D eigenvalue weighted by Crippen LogP contribution is -2.23. The largest absolute Gasteiger partial charge is 0.478 e. The van der Waals surface area contributed by atoms with Crippen LogP contribution in [0.25, 0.3) is 0 Å². The Kier molecular flexibility index (Phi) is 5.85. The topological polar surface area (TPSA) is 66.6 Å². The Bertz CT molecular complexity index is 514. The molecule has 3 N–H and O–H groups in total. The van der Waals surface area contributed by atoms with Gasteiger partial charge in [0.15, 0.2) is 0 Å². The van der Waals surface area contributed by atoms with Gasteiger partial charge in [0.1, 0.15) is 0 Å². The van der Waals surface area contributed by atoms with E-state index in [1.165, 1.54) is 0 Å². The maximum Gasteiger partial charge on any atom is 0.335 e. The van der Waals surface area contributed by atoms with E-state index in [4.69, 9.17) is 16.7 Å². The van der Waals surface area contributed by atoms with E-state index in [-0.39, 0.29) is 5.56 Å². The SMILES string of the molecule is C/C=S(\N)c1cc(C(=O)O)cc(N(CC)CC)c1Cl. The predicted octanol–water partition coefficient (Wildman–Crippen LogP) is 3.21. The molecular formula is C13H19ClN2O2S. The van der Waals surface area contributed by atoms with Gasteiger partial charge in [-0.15, -0.1) is 0 Å². The lowest BCUT2D eigenvalue weighted by atomic mass is 10.2. The van der Waals surface area contributed by atoms with Crippen LogP contribution in [0.4, 0.5) is 5.69 Å². The van der Waals surface area contributed by atoms with Gasteiger partial charge in [0, 0.05) is 18.0 Å². The molecule has 0 saturated carbocycles. The number of benzene rings is 1. The summed E-state index contributed by atoms with van der Waals surface area (Å²) in [4.78, 5) is 13.9. The number of nitrogens with two attached hydrogens (primary N) is 1. The number of anilines is 1. The van der Waals surface area contributed by atoms with Crippen molar-refractivity contribution >= 4 is 39.3 Å². The molecule has 0 spiro atoms. The number of halogens is 1. The summed E-state index contributed by atoms with van der Waals surface area (Å²) in [5.41, 5.74) is 0.942. The van der Waals surface area contributed by atoms with Gasteiger partial charge in [-0.2, -0.15) is 0 Å². The second kappa shape index (κ2) is 6.93. The summed E-state index contributed by atoms with van der Waals surface area (Å²) in [6.07, 6.45) is 0. The van der Waals surface area contributed by atoms with Gasteiger partial charge >= 0.3 is 5.97 Å². The van der Waals surface area contributed by atoms with Crippen LogP contribution in [-0.2, 0) is 0 Å². The summed E-state index contributed by atoms with van der Waals surface area (Å²) in [6.45, 7) is 7.35. The van der Waals surface area contributed by atoms with Crippen molar-refractivity contribution in [2.24, 2.45) is 5.14 Å². The van der Waals surface area contributed by atoms with Crippen LogP contribution in [0.15, 0.2) is 17.0 Å². The van der Waals surface area contributed by atoms with E-state index in [1.54, 1.807) is 12.1 Å². The van der Waals surface area contributed by atoms with Crippen molar-refractivity contribution < 1.29 is 9.90 Å². The van der Waals surface area contributed by atoms with Gasteiger partial charge in [-0.3, -0.25) is 5.14 Å². The highest BCUT2D eigenvalue weighted by molar-refractivity contribution is 8.13. The van der Waals surface area contributed by atoms with Crippen molar-refractivity contribution in [2.75, 3.05) is 18.0 Å². The number of carboxylic acids is 1. The highest BCUT2D eigenvalue weighted by Gasteiger charge is 2.16. The monoisotopic (exact) mass is 302 g/mol. The van der Waals surface area contributed by atoms with Gasteiger partial charge in [-0.1, -0.05) is 22.3 Å². The Morgan fingerprint density at radius 1 is 1.47 bits per heavy atom. The number of hydrogen-bond acceptors (Lipinski definition) is 3. The molecule has 1 atom stereocenters. The molecular weight excluding hydrogens is 284 g/mol. The fourth-order valence-corrected chi connectivity index (χ4v) is 3.12. The standard InChI is InChI=1S/C13H19ClN2O2S/c1-4-16(5-2)10-7-9(13(17)18)8-11(12(10)14)19(15)6-3/h6-8H,4-5,15H2,1-3H3,(H,17,18). The molecule has 0 amide bonds. The van der Waals surface area contributed by atoms with E-state index >= 15 is 0 Å². The lowest BCUT2D eigenvalue weighted by molar-refractivity contribution is 0.0696. The molecule has 1 unspecified atom stereocenters. The third-order valence-corrected chi connectivity index (χ3v) is 4.73. The maximum absolute atomic E-state index is 11.2. The number of carboxylic acid groups (broad SMARTS) is 1. The summed E-state index contributed by atoms with van der Waals surface area (Å²) in [6, 6.07) is 3.16. The van der Waals surface area contributed by atoms with Crippen LogP contribution >= 0.6 is 22.3 Å².